The first-order valence-electron chi connectivity index (χ1n) is 2.15. The van der Waals surface area contributed by atoms with E-state index in [0.717, 1.165) is 13.0 Å². The maximum atomic E-state index is 3.97. The van der Waals surface area contributed by atoms with E-state index in [9.17, 15) is 0 Å². The van der Waals surface area contributed by atoms with Crippen LogP contribution in [-0.2, 0) is 0 Å². The van der Waals surface area contributed by atoms with Crippen molar-refractivity contribution in [3.05, 3.63) is 12.2 Å². The molecule has 0 atom stereocenters. The maximum absolute atomic E-state index is 3.97. The van der Waals surface area contributed by atoms with Crippen LogP contribution >= 0.6 is 0 Å². The predicted octanol–water partition coefficient (Wildman–Crippen LogP) is -1.87. The summed E-state index contributed by atoms with van der Waals surface area (Å²) in [5.41, 5.74) is 0. The number of dihydropyridines is 1. The van der Waals surface area contributed by atoms with Crippen LogP contribution in [0.3, 0.4) is 0 Å². The Morgan fingerprint density at radius 1 is 1.57 bits per heavy atom. The molecule has 0 spiro atoms. The molecule has 2 heteroatoms. The van der Waals surface area contributed by atoms with Crippen LogP contribution in [0.1, 0.15) is 7.85 Å². The van der Waals surface area contributed by atoms with Crippen molar-refractivity contribution in [1.82, 2.24) is 0 Å². The molecule has 1 heterocycles. The van der Waals surface area contributed by atoms with Gasteiger partial charge in [0.15, 0.2) is 0 Å². The second-order valence-electron chi connectivity index (χ2n) is 1.27. The Morgan fingerprint density at radius 2 is 2.43 bits per heavy atom. The zero-order valence-corrected chi connectivity index (χ0v) is 6.59. The van der Waals surface area contributed by atoms with Crippen molar-refractivity contribution < 1.29 is 31.0 Å². The molecule has 7 heavy (non-hydrogen) atoms. The van der Waals surface area contributed by atoms with Crippen LogP contribution in [-0.4, -0.2) is 12.8 Å². The molecule has 0 saturated carbocycles. The van der Waals surface area contributed by atoms with E-state index in [0.29, 0.717) is 0 Å². The van der Waals surface area contributed by atoms with Gasteiger partial charge in [-0.05, 0) is 12.5 Å². The van der Waals surface area contributed by atoms with Gasteiger partial charge in [-0.3, -0.25) is 4.99 Å². The van der Waals surface area contributed by atoms with Gasteiger partial charge in [-0.2, -0.15) is 0 Å². The van der Waals surface area contributed by atoms with E-state index >= 15 is 0 Å². The molecule has 0 radical (unpaired) electrons. The SMILES string of the molecule is C1=CCCN=C1.[H-].[Na+]. The monoisotopic (exact) mass is 105 g/mol. The van der Waals surface area contributed by atoms with Crippen LogP contribution in [0.2, 0.25) is 0 Å². The molecule has 0 aromatic heterocycles. The zero-order valence-electron chi connectivity index (χ0n) is 5.59. The number of allylic oxidation sites excluding steroid dienone is 1. The molecular formula is C5H8NNa. The fraction of sp³-hybridized carbons (Fsp3) is 0.400. The van der Waals surface area contributed by atoms with Gasteiger partial charge in [0.1, 0.15) is 0 Å². The van der Waals surface area contributed by atoms with E-state index in [1.165, 1.54) is 0 Å². The zero-order chi connectivity index (χ0) is 4.24. The summed E-state index contributed by atoms with van der Waals surface area (Å²) in [6.07, 6.45) is 7.05. The molecule has 0 unspecified atom stereocenters. The fourth-order valence-electron chi connectivity index (χ4n) is 0.442. The normalized spacial score (nSPS) is 16.0. The number of nitrogens with zero attached hydrogens (tertiary/aromatic N) is 1. The number of rotatable bonds is 0. The largest absolute Gasteiger partial charge is 1.00 e. The van der Waals surface area contributed by atoms with E-state index < -0.39 is 0 Å². The van der Waals surface area contributed by atoms with Crippen LogP contribution in [0.15, 0.2) is 17.1 Å². The Balaban J connectivity index is 0. The van der Waals surface area contributed by atoms with Crippen LogP contribution in [0.4, 0.5) is 0 Å². The molecule has 0 N–H and O–H groups in total. The molecule has 0 bridgehead atoms. The molecule has 0 aromatic carbocycles. The van der Waals surface area contributed by atoms with Gasteiger partial charge < -0.3 is 1.43 Å². The molecule has 0 aliphatic carbocycles. The van der Waals surface area contributed by atoms with Crippen LogP contribution in [0.5, 0.6) is 0 Å². The van der Waals surface area contributed by atoms with Crippen molar-refractivity contribution in [2.45, 2.75) is 6.42 Å². The van der Waals surface area contributed by atoms with Crippen LogP contribution < -0.4 is 29.6 Å². The van der Waals surface area contributed by atoms with Crippen LogP contribution in [0.25, 0.3) is 0 Å². The summed E-state index contributed by atoms with van der Waals surface area (Å²) in [5, 5.41) is 0. The Morgan fingerprint density at radius 3 is 2.57 bits per heavy atom. The molecule has 0 aromatic rings. The average Bonchev–Trinajstić information content (AvgIpc) is 1.72. The minimum Gasteiger partial charge on any atom is -1.00 e. The van der Waals surface area contributed by atoms with Gasteiger partial charge in [0.2, 0.25) is 0 Å². The summed E-state index contributed by atoms with van der Waals surface area (Å²) in [4.78, 5) is 3.97. The van der Waals surface area contributed by atoms with Gasteiger partial charge >= 0.3 is 29.6 Å². The third-order valence-electron chi connectivity index (χ3n) is 0.752. The summed E-state index contributed by atoms with van der Waals surface area (Å²) in [5.74, 6) is 0. The molecule has 1 aliphatic heterocycles. The Labute approximate surface area is 67.3 Å². The minimum atomic E-state index is 0. The fourth-order valence-corrected chi connectivity index (χ4v) is 0.442. The summed E-state index contributed by atoms with van der Waals surface area (Å²) in [7, 11) is 0. The van der Waals surface area contributed by atoms with Crippen molar-refractivity contribution >= 4 is 6.21 Å². The summed E-state index contributed by atoms with van der Waals surface area (Å²) >= 11 is 0. The third kappa shape index (κ3) is 3.03. The van der Waals surface area contributed by atoms with Gasteiger partial charge in [-0.25, -0.2) is 0 Å². The average molecular weight is 105 g/mol. The molecule has 0 fully saturated rings. The van der Waals surface area contributed by atoms with Crippen molar-refractivity contribution in [2.24, 2.45) is 4.99 Å². The van der Waals surface area contributed by atoms with Gasteiger partial charge in [-0.15, -0.1) is 0 Å². The molecule has 1 nitrogen and oxygen atoms in total. The summed E-state index contributed by atoms with van der Waals surface area (Å²) in [6.45, 7) is 0.983. The van der Waals surface area contributed by atoms with Crippen molar-refractivity contribution in [3.63, 3.8) is 0 Å². The molecule has 1 aliphatic rings. The first kappa shape index (κ1) is 7.41. The van der Waals surface area contributed by atoms with Gasteiger partial charge in [0.25, 0.3) is 0 Å². The molecule has 34 valence electrons. The van der Waals surface area contributed by atoms with E-state index in [1.54, 1.807) is 0 Å². The topological polar surface area (TPSA) is 12.4 Å². The number of hydrogen-bond acceptors (Lipinski definition) is 1. The van der Waals surface area contributed by atoms with E-state index in [4.69, 9.17) is 0 Å². The standard InChI is InChI=1S/C5H7N.Na.H/c1-2-4-6-5-3-1;;/h1-2,4H,3,5H2;;/q;+1;-1. The van der Waals surface area contributed by atoms with Gasteiger partial charge in [0.05, 0.1) is 0 Å². The third-order valence-corrected chi connectivity index (χ3v) is 0.752. The minimum absolute atomic E-state index is 0. The Kier molecular flexibility index (Phi) is 4.83. The summed E-state index contributed by atoms with van der Waals surface area (Å²) in [6, 6.07) is 0. The molecular weight excluding hydrogens is 97.1 g/mol. The quantitative estimate of drug-likeness (QED) is 0.320. The predicted molar refractivity (Wildman–Crippen MR) is 28.2 cm³/mol. The molecule has 1 rings (SSSR count). The van der Waals surface area contributed by atoms with Crippen molar-refractivity contribution in [1.29, 1.82) is 0 Å². The van der Waals surface area contributed by atoms with Gasteiger partial charge in [0, 0.05) is 12.8 Å². The van der Waals surface area contributed by atoms with Crippen molar-refractivity contribution in [2.75, 3.05) is 6.54 Å². The van der Waals surface area contributed by atoms with E-state index in [2.05, 4.69) is 11.1 Å². The first-order valence-corrected chi connectivity index (χ1v) is 2.15. The Bertz CT molecular complexity index is 78.4. The maximum Gasteiger partial charge on any atom is 1.00 e. The Hall–Kier alpha value is 0.410. The van der Waals surface area contributed by atoms with Crippen LogP contribution in [0, 0.1) is 0 Å². The second-order valence-corrected chi connectivity index (χ2v) is 1.27. The first-order chi connectivity index (χ1) is 3.00. The second kappa shape index (κ2) is 4.57. The van der Waals surface area contributed by atoms with E-state index in [-0.39, 0.29) is 31.0 Å². The van der Waals surface area contributed by atoms with Crippen molar-refractivity contribution in [3.8, 4) is 0 Å². The number of aliphatic imine (C=N–C) groups is 1. The summed E-state index contributed by atoms with van der Waals surface area (Å²) < 4.78 is 0. The molecule has 0 saturated heterocycles. The van der Waals surface area contributed by atoms with E-state index in [1.807, 2.05) is 12.3 Å². The molecule has 0 amide bonds. The smallest absolute Gasteiger partial charge is 1.00 e. The van der Waals surface area contributed by atoms with Gasteiger partial charge in [-0.1, -0.05) is 6.08 Å². The number of hydrogen-bond donors (Lipinski definition) is 0.